The first-order valence-corrected chi connectivity index (χ1v) is 12.5. The molecule has 1 atom stereocenters. The van der Waals surface area contributed by atoms with Crippen molar-refractivity contribution in [1.82, 2.24) is 0 Å². The van der Waals surface area contributed by atoms with Crippen LogP contribution in [0.2, 0.25) is 0 Å². The fourth-order valence-corrected chi connectivity index (χ4v) is 6.63. The maximum Gasteiger partial charge on any atom is 0.498 e. The second-order valence-corrected chi connectivity index (χ2v) is 12.1. The van der Waals surface area contributed by atoms with Gasteiger partial charge in [-0.3, -0.25) is 4.79 Å². The molecule has 8 nitrogen and oxygen atoms in total. The van der Waals surface area contributed by atoms with Gasteiger partial charge in [0.25, 0.3) is 19.7 Å². The molecule has 0 aromatic carbocycles. The molecule has 0 amide bonds. The molecule has 1 aliphatic carbocycles. The third-order valence-electron chi connectivity index (χ3n) is 4.81. The molecule has 0 aromatic rings. The van der Waals surface area contributed by atoms with Gasteiger partial charge in [-0.1, -0.05) is 6.58 Å². The third kappa shape index (κ3) is 7.07. The number of rotatable bonds is 8. The zero-order valence-corrected chi connectivity index (χ0v) is 19.0. The van der Waals surface area contributed by atoms with Gasteiger partial charge in [0.05, 0.1) is 5.92 Å². The topological polar surface area (TPSA) is 121 Å². The Balaban J connectivity index is 2.90. The van der Waals surface area contributed by atoms with Crippen molar-refractivity contribution in [2.45, 2.75) is 73.8 Å². The summed E-state index contributed by atoms with van der Waals surface area (Å²) in [4.78, 5) is 23.7. The molecule has 1 fully saturated rings. The summed E-state index contributed by atoms with van der Waals surface area (Å²) in [6.45, 7) is 5.62. The van der Waals surface area contributed by atoms with Crippen LogP contribution in [0.25, 0.3) is 0 Å². The van der Waals surface area contributed by atoms with Crippen LogP contribution >= 0.6 is 0 Å². The van der Waals surface area contributed by atoms with Crippen molar-refractivity contribution in [3.05, 3.63) is 12.2 Å². The normalized spacial score (nSPS) is 21.4. The Bertz CT molecular complexity index is 916. The van der Waals surface area contributed by atoms with E-state index in [9.17, 15) is 52.8 Å². The molecule has 33 heavy (non-hydrogen) atoms. The van der Waals surface area contributed by atoms with E-state index in [2.05, 4.69) is 6.58 Å². The molecule has 0 radical (unpaired) electrons. The number of carbonyl (C=O) groups excluding carboxylic acids is 2. The average molecular weight is 532 g/mol. The Morgan fingerprint density at radius 1 is 0.939 bits per heavy atom. The number of esters is 2. The Morgan fingerprint density at radius 3 is 1.73 bits per heavy atom. The number of halogens is 6. The number of ether oxygens (including phenoxy) is 2. The van der Waals surface area contributed by atoms with E-state index in [-0.39, 0.29) is 31.3 Å². The lowest BCUT2D eigenvalue weighted by atomic mass is 9.87. The summed E-state index contributed by atoms with van der Waals surface area (Å²) in [7, 11) is -13.6. The first kappa shape index (κ1) is 29.2. The highest BCUT2D eigenvalue weighted by Gasteiger charge is 2.63. The molecule has 0 N–H and O–H groups in total. The second kappa shape index (κ2) is 10.2. The van der Waals surface area contributed by atoms with Gasteiger partial charge in [-0.15, -0.1) is 0 Å². The van der Waals surface area contributed by atoms with Gasteiger partial charge in [-0.2, -0.15) is 26.3 Å². The zero-order chi connectivity index (χ0) is 26.0. The van der Waals surface area contributed by atoms with Crippen LogP contribution in [0, 0.1) is 5.92 Å². The van der Waals surface area contributed by atoms with Crippen molar-refractivity contribution in [1.29, 1.82) is 0 Å². The van der Waals surface area contributed by atoms with Gasteiger partial charge in [0, 0.05) is 12.0 Å². The molecule has 0 spiro atoms. The van der Waals surface area contributed by atoms with E-state index in [0.29, 0.717) is 0 Å². The molecule has 192 valence electrons. The lowest BCUT2D eigenvalue weighted by molar-refractivity contribution is -0.156. The van der Waals surface area contributed by atoms with Gasteiger partial charge in [0.2, 0.25) is 0 Å². The Labute approximate surface area is 186 Å². The van der Waals surface area contributed by atoms with Crippen LogP contribution in [-0.2, 0) is 38.7 Å². The molecule has 0 aliphatic heterocycles. The van der Waals surface area contributed by atoms with Gasteiger partial charge in [0.1, 0.15) is 12.2 Å². The minimum Gasteiger partial charge on any atom is -0.462 e. The van der Waals surface area contributed by atoms with Crippen molar-refractivity contribution in [2.75, 3.05) is 0 Å². The summed E-state index contributed by atoms with van der Waals surface area (Å²) in [5.41, 5.74) is -12.4. The quantitative estimate of drug-likeness (QED) is 0.266. The van der Waals surface area contributed by atoms with Crippen LogP contribution in [-0.4, -0.2) is 56.6 Å². The van der Waals surface area contributed by atoms with Gasteiger partial charge in [-0.25, -0.2) is 21.6 Å². The summed E-state index contributed by atoms with van der Waals surface area (Å²) >= 11 is 0. The first-order chi connectivity index (χ1) is 14.7. The van der Waals surface area contributed by atoms with E-state index in [1.165, 1.54) is 6.92 Å². The maximum absolute atomic E-state index is 12.8. The molecular weight excluding hydrogens is 510 g/mol. The number of alkyl halides is 6. The first-order valence-electron chi connectivity index (χ1n) is 9.39. The number of carbonyl (C=O) groups is 2. The van der Waals surface area contributed by atoms with E-state index >= 15 is 0 Å². The van der Waals surface area contributed by atoms with Crippen molar-refractivity contribution < 1.29 is 62.2 Å². The summed E-state index contributed by atoms with van der Waals surface area (Å²) in [6.07, 6.45) is -3.59. The molecule has 0 heterocycles. The molecule has 0 bridgehead atoms. The lowest BCUT2D eigenvalue weighted by Gasteiger charge is -2.28. The Hall–Kier alpha value is -1.84. The molecule has 1 saturated carbocycles. The maximum atomic E-state index is 12.8. The van der Waals surface area contributed by atoms with E-state index in [1.807, 2.05) is 0 Å². The third-order valence-corrected chi connectivity index (χ3v) is 9.39. The summed E-state index contributed by atoms with van der Waals surface area (Å²) < 4.78 is 129. The molecular formula is C17H22F6O8S2. The molecule has 1 rings (SSSR count). The summed E-state index contributed by atoms with van der Waals surface area (Å²) in [6, 6.07) is 0. The summed E-state index contributed by atoms with van der Waals surface area (Å²) in [5.74, 6) is -2.55. The van der Waals surface area contributed by atoms with Crippen LogP contribution in [0.5, 0.6) is 0 Å². The Kier molecular flexibility index (Phi) is 9.02. The second-order valence-electron chi connectivity index (χ2n) is 7.55. The van der Waals surface area contributed by atoms with E-state index in [0.717, 1.165) is 6.92 Å². The average Bonchev–Trinajstić information content (AvgIpc) is 2.64. The van der Waals surface area contributed by atoms with Gasteiger partial charge >= 0.3 is 23.0 Å². The van der Waals surface area contributed by atoms with Crippen LogP contribution < -0.4 is 0 Å². The smallest absolute Gasteiger partial charge is 0.462 e. The predicted molar refractivity (Wildman–Crippen MR) is 101 cm³/mol. The van der Waals surface area contributed by atoms with Crippen LogP contribution in [0.3, 0.4) is 0 Å². The number of hydrogen-bond acceptors (Lipinski definition) is 8. The lowest BCUT2D eigenvalue weighted by Crippen LogP contribution is -2.46. The monoisotopic (exact) mass is 532 g/mol. The number of hydrogen-bond donors (Lipinski definition) is 0. The fourth-order valence-electron chi connectivity index (χ4n) is 3.00. The zero-order valence-electron chi connectivity index (χ0n) is 17.4. The van der Waals surface area contributed by atoms with E-state index < -0.39 is 71.8 Å². The molecule has 1 unspecified atom stereocenters. The van der Waals surface area contributed by atoms with Crippen LogP contribution in [0.15, 0.2) is 12.2 Å². The predicted octanol–water partition coefficient (Wildman–Crippen LogP) is 3.18. The largest absolute Gasteiger partial charge is 0.498 e. The van der Waals surface area contributed by atoms with Crippen molar-refractivity contribution in [3.8, 4) is 0 Å². The minimum absolute atomic E-state index is 0.102. The minimum atomic E-state index is -6.82. The molecule has 0 aromatic heterocycles. The van der Waals surface area contributed by atoms with Crippen molar-refractivity contribution in [2.24, 2.45) is 5.92 Å². The standard InChI is InChI=1S/C17H22F6O8S2/c1-9(2)14(24)31-12-6-4-11(5-7-12)15(25)30-10(3)8-13(32(26,27)16(18,19)20)33(28,29)17(21,22)23/h10-13H,1,4-8H2,2-3H3. The highest BCUT2D eigenvalue weighted by molar-refractivity contribution is 8.09. The van der Waals surface area contributed by atoms with Crippen LogP contribution in [0.4, 0.5) is 26.3 Å². The van der Waals surface area contributed by atoms with Crippen molar-refractivity contribution >= 4 is 31.6 Å². The van der Waals surface area contributed by atoms with Gasteiger partial charge in [0.15, 0.2) is 4.58 Å². The van der Waals surface area contributed by atoms with Crippen molar-refractivity contribution in [3.63, 3.8) is 0 Å². The Morgan fingerprint density at radius 2 is 1.36 bits per heavy atom. The van der Waals surface area contributed by atoms with E-state index in [1.54, 1.807) is 0 Å². The van der Waals surface area contributed by atoms with Gasteiger partial charge < -0.3 is 9.47 Å². The molecule has 16 heteroatoms. The molecule has 0 saturated heterocycles. The van der Waals surface area contributed by atoms with Gasteiger partial charge in [-0.05, 0) is 39.5 Å². The SMILES string of the molecule is C=C(C)C(=O)OC1CCC(C(=O)OC(C)CC(S(=O)(=O)C(F)(F)F)S(=O)(=O)C(F)(F)F)CC1. The fraction of sp³-hybridized carbons (Fsp3) is 0.765. The van der Waals surface area contributed by atoms with E-state index in [4.69, 9.17) is 9.47 Å². The molecule has 1 aliphatic rings. The summed E-state index contributed by atoms with van der Waals surface area (Å²) in [5, 5.41) is 0. The number of sulfone groups is 2. The van der Waals surface area contributed by atoms with Crippen LogP contribution in [0.1, 0.15) is 46.0 Å². The highest BCUT2D eigenvalue weighted by Crippen LogP contribution is 2.38. The highest BCUT2D eigenvalue weighted by atomic mass is 32.3.